The zero-order chi connectivity index (χ0) is 18.6. The Morgan fingerprint density at radius 3 is 2.64 bits per heavy atom. The van der Waals surface area contributed by atoms with E-state index in [-0.39, 0.29) is 18.4 Å². The molecule has 2 aromatic rings. The van der Waals surface area contributed by atoms with E-state index in [1.165, 1.54) is 11.3 Å². The van der Waals surface area contributed by atoms with Gasteiger partial charge in [0.1, 0.15) is 0 Å². The van der Waals surface area contributed by atoms with Crippen LogP contribution in [-0.2, 0) is 16.0 Å². The summed E-state index contributed by atoms with van der Waals surface area (Å²) in [7, 11) is 0. The predicted molar refractivity (Wildman–Crippen MR) is 102 cm³/mol. The van der Waals surface area contributed by atoms with Gasteiger partial charge in [-0.05, 0) is 11.6 Å². The van der Waals surface area contributed by atoms with Gasteiger partial charge in [0.15, 0.2) is 5.13 Å². The summed E-state index contributed by atoms with van der Waals surface area (Å²) in [6.45, 7) is 5.27. The molecule has 134 valence electrons. The SMILES string of the molecule is CC(C)(C)C(=O)NCC(=O)Nc1ncc(Cc2cccc(Cl)c2Cl)s1. The molecule has 0 saturated heterocycles. The van der Waals surface area contributed by atoms with Gasteiger partial charge < -0.3 is 10.6 Å². The molecule has 0 aliphatic heterocycles. The zero-order valence-electron chi connectivity index (χ0n) is 14.2. The zero-order valence-corrected chi connectivity index (χ0v) is 16.5. The maximum absolute atomic E-state index is 11.9. The third kappa shape index (κ3) is 5.70. The maximum atomic E-state index is 11.9. The minimum absolute atomic E-state index is 0.0921. The lowest BCUT2D eigenvalue weighted by molar-refractivity contribution is -0.130. The van der Waals surface area contributed by atoms with Crippen LogP contribution in [0, 0.1) is 5.41 Å². The summed E-state index contributed by atoms with van der Waals surface area (Å²) < 4.78 is 0. The first kappa shape index (κ1) is 19.7. The highest BCUT2D eigenvalue weighted by atomic mass is 35.5. The van der Waals surface area contributed by atoms with Crippen LogP contribution in [0.5, 0.6) is 0 Å². The first-order valence-corrected chi connectivity index (χ1v) is 9.20. The summed E-state index contributed by atoms with van der Waals surface area (Å²) in [4.78, 5) is 28.8. The fourth-order valence-corrected chi connectivity index (χ4v) is 3.15. The normalized spacial score (nSPS) is 11.2. The Morgan fingerprint density at radius 2 is 1.96 bits per heavy atom. The van der Waals surface area contributed by atoms with Crippen LogP contribution in [0.4, 0.5) is 5.13 Å². The third-order valence-electron chi connectivity index (χ3n) is 3.29. The molecule has 0 aliphatic rings. The minimum atomic E-state index is -0.537. The number of benzene rings is 1. The first-order valence-electron chi connectivity index (χ1n) is 7.62. The highest BCUT2D eigenvalue weighted by Gasteiger charge is 2.21. The molecule has 8 heteroatoms. The van der Waals surface area contributed by atoms with E-state index in [2.05, 4.69) is 15.6 Å². The number of aromatic nitrogens is 1. The monoisotopic (exact) mass is 399 g/mol. The fourth-order valence-electron chi connectivity index (χ4n) is 1.91. The molecule has 0 aliphatic carbocycles. The van der Waals surface area contributed by atoms with Gasteiger partial charge in [0.2, 0.25) is 11.8 Å². The van der Waals surface area contributed by atoms with Crippen molar-refractivity contribution >= 4 is 51.5 Å². The van der Waals surface area contributed by atoms with Crippen LogP contribution in [0.1, 0.15) is 31.2 Å². The first-order chi connectivity index (χ1) is 11.7. The van der Waals surface area contributed by atoms with Crippen LogP contribution in [0.3, 0.4) is 0 Å². The Labute approximate surface area is 160 Å². The quantitative estimate of drug-likeness (QED) is 0.793. The maximum Gasteiger partial charge on any atom is 0.245 e. The number of carbonyl (C=O) groups excluding carboxylic acids is 2. The molecule has 5 nitrogen and oxygen atoms in total. The molecule has 0 spiro atoms. The molecule has 2 rings (SSSR count). The Bertz CT molecular complexity index is 784. The Hall–Kier alpha value is -1.63. The van der Waals surface area contributed by atoms with Crippen molar-refractivity contribution in [2.75, 3.05) is 11.9 Å². The molecule has 0 atom stereocenters. The van der Waals surface area contributed by atoms with Gasteiger partial charge in [0, 0.05) is 22.9 Å². The second-order valence-corrected chi connectivity index (χ2v) is 8.40. The van der Waals surface area contributed by atoms with Gasteiger partial charge in [-0.25, -0.2) is 4.98 Å². The van der Waals surface area contributed by atoms with Crippen molar-refractivity contribution in [1.29, 1.82) is 0 Å². The summed E-state index contributed by atoms with van der Waals surface area (Å²) in [6.07, 6.45) is 2.26. The average Bonchev–Trinajstić information content (AvgIpc) is 2.95. The smallest absolute Gasteiger partial charge is 0.245 e. The molecule has 25 heavy (non-hydrogen) atoms. The summed E-state index contributed by atoms with van der Waals surface area (Å²) >= 11 is 13.5. The van der Waals surface area contributed by atoms with Crippen molar-refractivity contribution in [2.45, 2.75) is 27.2 Å². The number of nitrogens with one attached hydrogen (secondary N) is 2. The molecule has 0 unspecified atom stereocenters. The average molecular weight is 400 g/mol. The summed E-state index contributed by atoms with van der Waals surface area (Å²) in [5.74, 6) is -0.502. The van der Waals surface area contributed by atoms with Crippen LogP contribution >= 0.6 is 34.5 Å². The summed E-state index contributed by atoms with van der Waals surface area (Å²) in [6, 6.07) is 5.47. The van der Waals surface area contributed by atoms with Gasteiger partial charge in [0.25, 0.3) is 0 Å². The standard InChI is InChI=1S/C17H19Cl2N3O2S/c1-17(2,3)15(24)20-9-13(23)22-16-21-8-11(25-16)7-10-5-4-6-12(18)14(10)19/h4-6,8H,7,9H2,1-3H3,(H,20,24)(H,21,22,23). The highest BCUT2D eigenvalue weighted by molar-refractivity contribution is 7.15. The predicted octanol–water partition coefficient (Wildman–Crippen LogP) is 4.14. The molecule has 1 aromatic heterocycles. The van der Waals surface area contributed by atoms with E-state index in [4.69, 9.17) is 23.2 Å². The van der Waals surface area contributed by atoms with E-state index in [9.17, 15) is 9.59 Å². The number of rotatable bonds is 5. The number of carbonyl (C=O) groups is 2. The van der Waals surface area contributed by atoms with Gasteiger partial charge in [-0.3, -0.25) is 9.59 Å². The van der Waals surface area contributed by atoms with Crippen LogP contribution in [0.25, 0.3) is 0 Å². The van der Waals surface area contributed by atoms with E-state index in [1.807, 2.05) is 12.1 Å². The number of hydrogen-bond acceptors (Lipinski definition) is 4. The second kappa shape index (κ2) is 8.17. The van der Waals surface area contributed by atoms with E-state index in [0.717, 1.165) is 10.4 Å². The number of thiazole rings is 1. The van der Waals surface area contributed by atoms with E-state index in [1.54, 1.807) is 33.0 Å². The molecule has 0 fully saturated rings. The van der Waals surface area contributed by atoms with Crippen molar-refractivity contribution in [3.63, 3.8) is 0 Å². The molecular formula is C17H19Cl2N3O2S. The van der Waals surface area contributed by atoms with E-state index in [0.29, 0.717) is 21.6 Å². The van der Waals surface area contributed by atoms with Gasteiger partial charge in [-0.1, -0.05) is 56.1 Å². The number of amides is 2. The third-order valence-corrected chi connectivity index (χ3v) is 5.06. The number of halogens is 2. The molecule has 2 amide bonds. The van der Waals surface area contributed by atoms with Crippen LogP contribution in [-0.4, -0.2) is 23.3 Å². The van der Waals surface area contributed by atoms with Crippen LogP contribution in [0.2, 0.25) is 10.0 Å². The van der Waals surface area contributed by atoms with Crippen molar-refractivity contribution in [3.8, 4) is 0 Å². The van der Waals surface area contributed by atoms with Gasteiger partial charge in [-0.2, -0.15) is 0 Å². The van der Waals surface area contributed by atoms with Gasteiger partial charge >= 0.3 is 0 Å². The molecular weight excluding hydrogens is 381 g/mol. The van der Waals surface area contributed by atoms with Crippen molar-refractivity contribution in [1.82, 2.24) is 10.3 Å². The highest BCUT2D eigenvalue weighted by Crippen LogP contribution is 2.29. The Morgan fingerprint density at radius 1 is 1.24 bits per heavy atom. The molecule has 0 saturated carbocycles. The van der Waals surface area contributed by atoms with Crippen LogP contribution in [0.15, 0.2) is 24.4 Å². The minimum Gasteiger partial charge on any atom is -0.347 e. The molecule has 1 aromatic carbocycles. The lowest BCUT2D eigenvalue weighted by atomic mass is 9.96. The molecule has 0 bridgehead atoms. The van der Waals surface area contributed by atoms with Gasteiger partial charge in [-0.15, -0.1) is 11.3 Å². The van der Waals surface area contributed by atoms with Gasteiger partial charge in [0.05, 0.1) is 16.6 Å². The molecule has 0 radical (unpaired) electrons. The van der Waals surface area contributed by atoms with Crippen molar-refractivity contribution in [3.05, 3.63) is 44.9 Å². The van der Waals surface area contributed by atoms with E-state index < -0.39 is 5.41 Å². The number of hydrogen-bond donors (Lipinski definition) is 2. The number of nitrogens with zero attached hydrogens (tertiary/aromatic N) is 1. The van der Waals surface area contributed by atoms with Crippen molar-refractivity contribution < 1.29 is 9.59 Å². The topological polar surface area (TPSA) is 71.1 Å². The van der Waals surface area contributed by atoms with Crippen molar-refractivity contribution in [2.24, 2.45) is 5.41 Å². The van der Waals surface area contributed by atoms with Crippen LogP contribution < -0.4 is 10.6 Å². The largest absolute Gasteiger partial charge is 0.347 e. The van der Waals surface area contributed by atoms with E-state index >= 15 is 0 Å². The molecule has 1 heterocycles. The summed E-state index contributed by atoms with van der Waals surface area (Å²) in [5, 5.41) is 6.78. The lowest BCUT2D eigenvalue weighted by Gasteiger charge is -2.17. The fraction of sp³-hybridized carbons (Fsp3) is 0.353. The lowest BCUT2D eigenvalue weighted by Crippen LogP contribution is -2.39. The second-order valence-electron chi connectivity index (χ2n) is 6.50. The Balaban J connectivity index is 1.92. The Kier molecular flexibility index (Phi) is 6.43. The number of anilines is 1. The summed E-state index contributed by atoms with van der Waals surface area (Å²) in [5.41, 5.74) is 0.360. The molecule has 2 N–H and O–H groups in total.